The van der Waals surface area contributed by atoms with Gasteiger partial charge in [-0.1, -0.05) is 35.8 Å². The van der Waals surface area contributed by atoms with E-state index in [2.05, 4.69) is 21.2 Å². The van der Waals surface area contributed by atoms with Crippen LogP contribution >= 0.6 is 15.9 Å². The van der Waals surface area contributed by atoms with E-state index in [1.165, 1.54) is 0 Å². The van der Waals surface area contributed by atoms with E-state index in [-0.39, 0.29) is 17.6 Å². The average molecular weight is 585 g/mol. The lowest BCUT2D eigenvalue weighted by Crippen LogP contribution is -2.36. The molecular weight excluding hydrogens is 550 g/mol. The van der Waals surface area contributed by atoms with Crippen molar-refractivity contribution in [1.82, 2.24) is 5.32 Å². The van der Waals surface area contributed by atoms with Gasteiger partial charge < -0.3 is 24.3 Å². The van der Waals surface area contributed by atoms with Crippen molar-refractivity contribution in [1.29, 1.82) is 0 Å². The van der Waals surface area contributed by atoms with Crippen LogP contribution in [0.3, 0.4) is 0 Å². The van der Waals surface area contributed by atoms with Gasteiger partial charge in [0.05, 0.1) is 39.4 Å². The molecule has 1 N–H and O–H groups in total. The molecule has 1 aliphatic heterocycles. The third-order valence-electron chi connectivity index (χ3n) is 6.98. The number of carbonyl (C=O) groups is 2. The highest BCUT2D eigenvalue weighted by atomic mass is 79.9. The minimum atomic E-state index is -0.614. The SMILES string of the molecule is COc1ccc([C@H]2CC(=O)C3=C(C2)NC(C)=C(C(=O)OCC(C)C)[C@H]3c2cc(Br)ccc2OC)cc1OC. The molecule has 2 aliphatic rings. The number of Topliss-reactive ketones (excluding diaryl/α,β-unsaturated/α-hetero) is 1. The van der Waals surface area contributed by atoms with Gasteiger partial charge in [-0.2, -0.15) is 0 Å². The quantitative estimate of drug-likeness (QED) is 0.379. The highest BCUT2D eigenvalue weighted by molar-refractivity contribution is 9.10. The standard InChI is InChI=1S/C30H34BrNO6/c1-16(2)15-38-30(34)27-17(3)32-22-11-19(18-7-9-25(36-5)26(13-18)37-6)12-23(33)29(22)28(27)21-14-20(31)8-10-24(21)35-4/h7-10,13-14,16,19,28,32H,11-12,15H2,1-6H3/t19-,28-/m1/s1. The molecule has 0 unspecified atom stereocenters. The number of hydrogen-bond acceptors (Lipinski definition) is 7. The van der Waals surface area contributed by atoms with Crippen molar-refractivity contribution in [3.05, 3.63) is 74.5 Å². The van der Waals surface area contributed by atoms with Crippen LogP contribution in [0.4, 0.5) is 0 Å². The molecule has 2 aromatic rings. The zero-order valence-electron chi connectivity index (χ0n) is 22.6. The second kappa shape index (κ2) is 11.6. The Morgan fingerprint density at radius 2 is 1.68 bits per heavy atom. The fourth-order valence-corrected chi connectivity index (χ4v) is 5.59. The Bertz CT molecular complexity index is 1310. The lowest BCUT2D eigenvalue weighted by Gasteiger charge is -2.37. The van der Waals surface area contributed by atoms with Gasteiger partial charge in [0.25, 0.3) is 0 Å². The zero-order chi connectivity index (χ0) is 27.6. The summed E-state index contributed by atoms with van der Waals surface area (Å²) in [7, 11) is 4.78. The van der Waals surface area contributed by atoms with E-state index >= 15 is 0 Å². The lowest BCUT2D eigenvalue weighted by atomic mass is 9.71. The van der Waals surface area contributed by atoms with Gasteiger partial charge in [-0.3, -0.25) is 4.79 Å². The minimum absolute atomic E-state index is 0.0211. The summed E-state index contributed by atoms with van der Waals surface area (Å²) in [6.07, 6.45) is 0.908. The van der Waals surface area contributed by atoms with Crippen LogP contribution in [0.5, 0.6) is 17.2 Å². The van der Waals surface area contributed by atoms with Crippen molar-refractivity contribution in [3.63, 3.8) is 0 Å². The molecule has 1 aliphatic carbocycles. The van der Waals surface area contributed by atoms with Crippen LogP contribution in [0.25, 0.3) is 0 Å². The lowest BCUT2D eigenvalue weighted by molar-refractivity contribution is -0.140. The van der Waals surface area contributed by atoms with Crippen LogP contribution in [-0.4, -0.2) is 39.7 Å². The highest BCUT2D eigenvalue weighted by Gasteiger charge is 2.42. The number of methoxy groups -OCH3 is 3. The summed E-state index contributed by atoms with van der Waals surface area (Å²) in [4.78, 5) is 27.4. The maximum Gasteiger partial charge on any atom is 0.336 e. The Kier molecular flexibility index (Phi) is 8.51. The zero-order valence-corrected chi connectivity index (χ0v) is 24.2. The van der Waals surface area contributed by atoms with Gasteiger partial charge in [0.2, 0.25) is 0 Å². The Labute approximate surface area is 232 Å². The highest BCUT2D eigenvalue weighted by Crippen LogP contribution is 2.48. The van der Waals surface area contributed by atoms with E-state index < -0.39 is 11.9 Å². The number of hydrogen-bond donors (Lipinski definition) is 1. The van der Waals surface area contributed by atoms with Crippen LogP contribution < -0.4 is 19.5 Å². The van der Waals surface area contributed by atoms with Gasteiger partial charge in [0.15, 0.2) is 17.3 Å². The van der Waals surface area contributed by atoms with Gasteiger partial charge in [-0.25, -0.2) is 4.79 Å². The van der Waals surface area contributed by atoms with Crippen molar-refractivity contribution in [2.45, 2.75) is 45.4 Å². The molecule has 8 heteroatoms. The maximum atomic E-state index is 13.9. The molecule has 1 heterocycles. The number of halogens is 1. The van der Waals surface area contributed by atoms with Crippen molar-refractivity contribution in [3.8, 4) is 17.2 Å². The minimum Gasteiger partial charge on any atom is -0.496 e. The van der Waals surface area contributed by atoms with Crippen LogP contribution in [-0.2, 0) is 14.3 Å². The summed E-state index contributed by atoms with van der Waals surface area (Å²) >= 11 is 3.56. The predicted octanol–water partition coefficient (Wildman–Crippen LogP) is 6.04. The normalized spacial score (nSPS) is 19.2. The van der Waals surface area contributed by atoms with Gasteiger partial charge in [-0.15, -0.1) is 0 Å². The summed E-state index contributed by atoms with van der Waals surface area (Å²) in [6, 6.07) is 11.4. The molecule has 202 valence electrons. The molecule has 0 bridgehead atoms. The first kappa shape index (κ1) is 27.8. The van der Waals surface area contributed by atoms with Crippen molar-refractivity contribution in [2.24, 2.45) is 5.92 Å². The van der Waals surface area contributed by atoms with E-state index in [4.69, 9.17) is 18.9 Å². The second-order valence-electron chi connectivity index (χ2n) is 10.0. The third-order valence-corrected chi connectivity index (χ3v) is 7.47. The molecule has 7 nitrogen and oxygen atoms in total. The fraction of sp³-hybridized carbons (Fsp3) is 0.400. The number of carbonyl (C=O) groups excluding carboxylic acids is 2. The number of nitrogens with one attached hydrogen (secondary N) is 1. The van der Waals surface area contributed by atoms with E-state index in [1.807, 2.05) is 57.2 Å². The molecule has 0 radical (unpaired) electrons. The molecule has 0 fully saturated rings. The number of ketones is 1. The Morgan fingerprint density at radius 1 is 1.00 bits per heavy atom. The molecule has 0 spiro atoms. The van der Waals surface area contributed by atoms with E-state index in [1.54, 1.807) is 21.3 Å². The van der Waals surface area contributed by atoms with Crippen molar-refractivity contribution >= 4 is 27.7 Å². The second-order valence-corrected chi connectivity index (χ2v) is 10.9. The summed E-state index contributed by atoms with van der Waals surface area (Å²) < 4.78 is 23.1. The fourth-order valence-electron chi connectivity index (χ4n) is 5.21. The topological polar surface area (TPSA) is 83.1 Å². The number of rotatable bonds is 8. The van der Waals surface area contributed by atoms with Gasteiger partial charge in [0, 0.05) is 33.4 Å². The molecule has 0 aromatic heterocycles. The maximum absolute atomic E-state index is 13.9. The number of dihydropyridines is 1. The summed E-state index contributed by atoms with van der Waals surface area (Å²) in [6.45, 7) is 6.13. The van der Waals surface area contributed by atoms with E-state index in [0.717, 1.165) is 21.3 Å². The first-order valence-electron chi connectivity index (χ1n) is 12.6. The third kappa shape index (κ3) is 5.46. The average Bonchev–Trinajstić information content (AvgIpc) is 2.90. The number of esters is 1. The molecule has 0 saturated carbocycles. The summed E-state index contributed by atoms with van der Waals surface area (Å²) in [5.74, 6) is 0.922. The molecule has 2 aromatic carbocycles. The van der Waals surface area contributed by atoms with Crippen LogP contribution in [0.1, 0.15) is 56.6 Å². The van der Waals surface area contributed by atoms with Crippen LogP contribution in [0.15, 0.2) is 63.4 Å². The number of allylic oxidation sites excluding steroid dienone is 3. The smallest absolute Gasteiger partial charge is 0.336 e. The molecular formula is C30H34BrNO6. The molecule has 4 rings (SSSR count). The Balaban J connectivity index is 1.81. The number of benzene rings is 2. The van der Waals surface area contributed by atoms with E-state index in [9.17, 15) is 9.59 Å². The van der Waals surface area contributed by atoms with Gasteiger partial charge in [-0.05, 0) is 61.1 Å². The molecule has 0 amide bonds. The first-order valence-corrected chi connectivity index (χ1v) is 13.4. The Morgan fingerprint density at radius 3 is 2.34 bits per heavy atom. The molecule has 0 saturated heterocycles. The van der Waals surface area contributed by atoms with Crippen molar-refractivity contribution < 1.29 is 28.5 Å². The Hall–Kier alpha value is -3.26. The summed E-state index contributed by atoms with van der Waals surface area (Å²) in [5, 5.41) is 3.40. The molecule has 2 atom stereocenters. The van der Waals surface area contributed by atoms with Crippen molar-refractivity contribution in [2.75, 3.05) is 27.9 Å². The van der Waals surface area contributed by atoms with Crippen LogP contribution in [0.2, 0.25) is 0 Å². The first-order chi connectivity index (χ1) is 18.2. The monoisotopic (exact) mass is 583 g/mol. The largest absolute Gasteiger partial charge is 0.496 e. The summed E-state index contributed by atoms with van der Waals surface area (Å²) in [5.41, 5.74) is 4.23. The van der Waals surface area contributed by atoms with E-state index in [0.29, 0.717) is 53.5 Å². The number of ether oxygens (including phenoxy) is 4. The predicted molar refractivity (Wildman–Crippen MR) is 149 cm³/mol. The van der Waals surface area contributed by atoms with Gasteiger partial charge in [0.1, 0.15) is 5.75 Å². The van der Waals surface area contributed by atoms with Crippen LogP contribution in [0, 0.1) is 5.92 Å². The van der Waals surface area contributed by atoms with Gasteiger partial charge >= 0.3 is 5.97 Å². The molecule has 38 heavy (non-hydrogen) atoms.